The van der Waals surface area contributed by atoms with Crippen LogP contribution in [0.4, 0.5) is 10.2 Å². The van der Waals surface area contributed by atoms with Crippen LogP contribution in [0, 0.1) is 12.7 Å². The molecule has 60 valence electrons. The van der Waals surface area contributed by atoms with E-state index in [1.165, 1.54) is 6.20 Å². The van der Waals surface area contributed by atoms with Crippen LogP contribution in [0.1, 0.15) is 5.82 Å². The van der Waals surface area contributed by atoms with Crippen molar-refractivity contribution in [3.05, 3.63) is 17.8 Å². The molecule has 0 atom stereocenters. The Hall–Kier alpha value is -1.19. The first-order valence-electron chi connectivity index (χ1n) is 3.27. The number of nitrogens with zero attached hydrogens (tertiary/aromatic N) is 3. The van der Waals surface area contributed by atoms with Crippen LogP contribution in [0.2, 0.25) is 0 Å². The third-order valence-electron chi connectivity index (χ3n) is 1.27. The molecule has 0 radical (unpaired) electrons. The van der Waals surface area contributed by atoms with Gasteiger partial charge in [0.1, 0.15) is 5.82 Å². The van der Waals surface area contributed by atoms with Gasteiger partial charge in [-0.05, 0) is 6.92 Å². The van der Waals surface area contributed by atoms with Crippen molar-refractivity contribution in [2.45, 2.75) is 6.92 Å². The molecule has 0 saturated carbocycles. The van der Waals surface area contributed by atoms with E-state index in [0.717, 1.165) is 0 Å². The maximum Gasteiger partial charge on any atom is 0.183 e. The maximum absolute atomic E-state index is 12.9. The van der Waals surface area contributed by atoms with Gasteiger partial charge in [-0.3, -0.25) is 0 Å². The third-order valence-corrected chi connectivity index (χ3v) is 1.27. The molecule has 11 heavy (non-hydrogen) atoms. The number of anilines is 1. The third kappa shape index (κ3) is 1.63. The van der Waals surface area contributed by atoms with Gasteiger partial charge < -0.3 is 4.90 Å². The number of rotatable bonds is 1. The van der Waals surface area contributed by atoms with E-state index in [9.17, 15) is 4.39 Å². The Morgan fingerprint density at radius 2 is 2.09 bits per heavy atom. The van der Waals surface area contributed by atoms with E-state index >= 15 is 0 Å². The zero-order valence-electron chi connectivity index (χ0n) is 6.80. The van der Waals surface area contributed by atoms with Crippen molar-refractivity contribution in [2.24, 2.45) is 0 Å². The predicted molar refractivity (Wildman–Crippen MR) is 41.1 cm³/mol. The van der Waals surface area contributed by atoms with Crippen molar-refractivity contribution in [3.8, 4) is 0 Å². The summed E-state index contributed by atoms with van der Waals surface area (Å²) >= 11 is 0. The largest absolute Gasteiger partial charge is 0.360 e. The van der Waals surface area contributed by atoms with E-state index in [4.69, 9.17) is 0 Å². The second-order valence-electron chi connectivity index (χ2n) is 2.48. The van der Waals surface area contributed by atoms with Crippen molar-refractivity contribution in [1.82, 2.24) is 9.97 Å². The fraction of sp³-hybridized carbons (Fsp3) is 0.429. The van der Waals surface area contributed by atoms with Crippen molar-refractivity contribution < 1.29 is 4.39 Å². The lowest BCUT2D eigenvalue weighted by Crippen LogP contribution is -2.13. The molecule has 0 saturated heterocycles. The quantitative estimate of drug-likeness (QED) is 0.605. The minimum Gasteiger partial charge on any atom is -0.360 e. The average molecular weight is 155 g/mol. The Bertz CT molecular complexity index is 260. The molecule has 0 aliphatic rings. The molecule has 0 aliphatic carbocycles. The standard InChI is InChI=1S/C7H10FN3/c1-5-9-4-6(8)7(10-5)11(2)3/h4H,1-3H3. The van der Waals surface area contributed by atoms with Gasteiger partial charge in [-0.2, -0.15) is 0 Å². The molecular weight excluding hydrogens is 145 g/mol. The topological polar surface area (TPSA) is 29.0 Å². The van der Waals surface area contributed by atoms with Gasteiger partial charge in [0.15, 0.2) is 11.6 Å². The lowest BCUT2D eigenvalue weighted by atomic mass is 10.5. The molecular formula is C7H10FN3. The summed E-state index contributed by atoms with van der Waals surface area (Å²) in [7, 11) is 3.48. The van der Waals surface area contributed by atoms with Crippen LogP contribution in [0.5, 0.6) is 0 Å². The van der Waals surface area contributed by atoms with Crippen molar-refractivity contribution in [2.75, 3.05) is 19.0 Å². The van der Waals surface area contributed by atoms with Gasteiger partial charge in [-0.25, -0.2) is 14.4 Å². The Morgan fingerprint density at radius 1 is 1.45 bits per heavy atom. The van der Waals surface area contributed by atoms with E-state index in [0.29, 0.717) is 11.6 Å². The second kappa shape index (κ2) is 2.82. The zero-order valence-corrected chi connectivity index (χ0v) is 6.80. The van der Waals surface area contributed by atoms with Crippen molar-refractivity contribution >= 4 is 5.82 Å². The second-order valence-corrected chi connectivity index (χ2v) is 2.48. The number of hydrogen-bond acceptors (Lipinski definition) is 3. The van der Waals surface area contributed by atoms with Gasteiger partial charge >= 0.3 is 0 Å². The van der Waals surface area contributed by atoms with Crippen molar-refractivity contribution in [1.29, 1.82) is 0 Å². The predicted octanol–water partition coefficient (Wildman–Crippen LogP) is 0.990. The molecule has 0 amide bonds. The first-order chi connectivity index (χ1) is 5.11. The van der Waals surface area contributed by atoms with Crippen LogP contribution in [-0.2, 0) is 0 Å². The highest BCUT2D eigenvalue weighted by molar-refractivity contribution is 5.36. The molecule has 1 aromatic heterocycles. The highest BCUT2D eigenvalue weighted by atomic mass is 19.1. The Labute approximate surface area is 64.9 Å². The van der Waals surface area contributed by atoms with E-state index in [1.807, 2.05) is 0 Å². The molecule has 3 nitrogen and oxygen atoms in total. The summed E-state index contributed by atoms with van der Waals surface area (Å²) in [6.07, 6.45) is 1.18. The summed E-state index contributed by atoms with van der Waals surface area (Å²) < 4.78 is 12.9. The van der Waals surface area contributed by atoms with E-state index in [1.54, 1.807) is 25.9 Å². The summed E-state index contributed by atoms with van der Waals surface area (Å²) in [6, 6.07) is 0. The fourth-order valence-electron chi connectivity index (χ4n) is 0.757. The highest BCUT2D eigenvalue weighted by Gasteiger charge is 2.05. The van der Waals surface area contributed by atoms with Crippen LogP contribution < -0.4 is 4.90 Å². The highest BCUT2D eigenvalue weighted by Crippen LogP contribution is 2.11. The number of hydrogen-bond donors (Lipinski definition) is 0. The molecule has 0 unspecified atom stereocenters. The number of halogens is 1. The minimum atomic E-state index is -0.388. The molecule has 0 aromatic carbocycles. The maximum atomic E-state index is 12.9. The average Bonchev–Trinajstić information content (AvgIpc) is 1.94. The molecule has 1 aromatic rings. The van der Waals surface area contributed by atoms with E-state index in [-0.39, 0.29) is 5.82 Å². The fourth-order valence-corrected chi connectivity index (χ4v) is 0.757. The molecule has 0 aliphatic heterocycles. The normalized spacial score (nSPS) is 9.82. The van der Waals surface area contributed by atoms with E-state index in [2.05, 4.69) is 9.97 Å². The van der Waals surface area contributed by atoms with Gasteiger partial charge in [0.05, 0.1) is 6.20 Å². The van der Waals surface area contributed by atoms with Crippen LogP contribution in [0.3, 0.4) is 0 Å². The van der Waals surface area contributed by atoms with Crippen molar-refractivity contribution in [3.63, 3.8) is 0 Å². The smallest absolute Gasteiger partial charge is 0.183 e. The molecule has 1 rings (SSSR count). The summed E-state index contributed by atoms with van der Waals surface area (Å²) in [5.74, 6) is 0.521. The molecule has 4 heteroatoms. The molecule has 0 spiro atoms. The number of aryl methyl sites for hydroxylation is 1. The van der Waals surface area contributed by atoms with Gasteiger partial charge in [0, 0.05) is 14.1 Å². The molecule has 0 fully saturated rings. The SMILES string of the molecule is Cc1ncc(F)c(N(C)C)n1. The molecule has 0 N–H and O–H groups in total. The van der Waals surface area contributed by atoms with Crippen LogP contribution in [0.15, 0.2) is 6.20 Å². The monoisotopic (exact) mass is 155 g/mol. The first-order valence-corrected chi connectivity index (χ1v) is 3.27. The summed E-state index contributed by atoms with van der Waals surface area (Å²) in [6.45, 7) is 1.73. The van der Waals surface area contributed by atoms with Gasteiger partial charge in [0.2, 0.25) is 0 Å². The molecule has 1 heterocycles. The Morgan fingerprint density at radius 3 is 2.55 bits per heavy atom. The lowest BCUT2D eigenvalue weighted by Gasteiger charge is -2.11. The van der Waals surface area contributed by atoms with E-state index < -0.39 is 0 Å². The Kier molecular flexibility index (Phi) is 2.03. The minimum absolute atomic E-state index is 0.331. The summed E-state index contributed by atoms with van der Waals surface area (Å²) in [5, 5.41) is 0. The van der Waals surface area contributed by atoms with Gasteiger partial charge in [-0.1, -0.05) is 0 Å². The van der Waals surface area contributed by atoms with Crippen LogP contribution in [-0.4, -0.2) is 24.1 Å². The summed E-state index contributed by atoms with van der Waals surface area (Å²) in [4.78, 5) is 9.24. The Balaban J connectivity index is 3.13. The zero-order chi connectivity index (χ0) is 8.43. The lowest BCUT2D eigenvalue weighted by molar-refractivity contribution is 0.609. The first kappa shape index (κ1) is 7.91. The van der Waals surface area contributed by atoms with Gasteiger partial charge in [0.25, 0.3) is 0 Å². The summed E-state index contributed by atoms with van der Waals surface area (Å²) in [5.41, 5.74) is 0. The number of aromatic nitrogens is 2. The molecule has 0 bridgehead atoms. The van der Waals surface area contributed by atoms with Crippen LogP contribution >= 0.6 is 0 Å². The van der Waals surface area contributed by atoms with Crippen LogP contribution in [0.25, 0.3) is 0 Å². The van der Waals surface area contributed by atoms with Gasteiger partial charge in [-0.15, -0.1) is 0 Å².